The van der Waals surface area contributed by atoms with Crippen molar-refractivity contribution in [1.82, 2.24) is 0 Å². The molecule has 0 aliphatic heterocycles. The topological polar surface area (TPSA) is 44.5 Å². The van der Waals surface area contributed by atoms with Gasteiger partial charge in [0.15, 0.2) is 11.5 Å². The van der Waals surface area contributed by atoms with Gasteiger partial charge in [0.25, 0.3) is 0 Å². The van der Waals surface area contributed by atoms with Crippen LogP contribution in [0, 0.1) is 5.92 Å². The van der Waals surface area contributed by atoms with E-state index in [1.54, 1.807) is 7.11 Å². The summed E-state index contributed by atoms with van der Waals surface area (Å²) in [6, 6.07) is 4.08. The van der Waals surface area contributed by atoms with Crippen LogP contribution in [0.1, 0.15) is 45.1 Å². The van der Waals surface area contributed by atoms with Crippen molar-refractivity contribution in [3.63, 3.8) is 0 Å². The van der Waals surface area contributed by atoms with Crippen LogP contribution in [0.5, 0.6) is 11.5 Å². The molecular weight excluding hydrogens is 330 g/mol. The predicted molar refractivity (Wildman–Crippen MR) is 92.3 cm³/mol. The lowest BCUT2D eigenvalue weighted by Crippen LogP contribution is -2.12. The first kappa shape index (κ1) is 18.3. The number of ether oxygens (including phenoxy) is 2. The molecule has 0 aliphatic carbocycles. The fraction of sp³-hybridized carbons (Fsp3) is 0.647. The van der Waals surface area contributed by atoms with Gasteiger partial charge >= 0.3 is 0 Å². The van der Waals surface area contributed by atoms with E-state index in [9.17, 15) is 0 Å². The first-order valence-corrected chi connectivity index (χ1v) is 8.64. The van der Waals surface area contributed by atoms with Crippen molar-refractivity contribution in [3.05, 3.63) is 22.2 Å². The maximum absolute atomic E-state index is 6.04. The molecule has 0 fully saturated rings. The standard InChI is InChI=1S/C17H28BrNO2/c1-4-6-7-13(5-2)12-21-17-15(18)10-14(8-9-19)11-16(17)20-3/h10-11,13H,4-9,12,19H2,1-3H3. The van der Waals surface area contributed by atoms with Crippen LogP contribution in [0.2, 0.25) is 0 Å². The molecule has 4 heteroatoms. The van der Waals surface area contributed by atoms with E-state index < -0.39 is 0 Å². The average molecular weight is 358 g/mol. The Morgan fingerprint density at radius 3 is 2.62 bits per heavy atom. The highest BCUT2D eigenvalue weighted by Gasteiger charge is 2.14. The van der Waals surface area contributed by atoms with Crippen molar-refractivity contribution in [1.29, 1.82) is 0 Å². The minimum Gasteiger partial charge on any atom is -0.493 e. The summed E-state index contributed by atoms with van der Waals surface area (Å²) in [4.78, 5) is 0. The van der Waals surface area contributed by atoms with Gasteiger partial charge < -0.3 is 15.2 Å². The molecule has 0 radical (unpaired) electrons. The largest absolute Gasteiger partial charge is 0.493 e. The molecule has 0 saturated heterocycles. The van der Waals surface area contributed by atoms with E-state index in [4.69, 9.17) is 15.2 Å². The Hall–Kier alpha value is -0.740. The second kappa shape index (κ2) is 10.1. The molecule has 0 amide bonds. The van der Waals surface area contributed by atoms with Gasteiger partial charge in [0.1, 0.15) is 0 Å². The molecule has 1 aromatic carbocycles. The Balaban J connectivity index is 2.77. The summed E-state index contributed by atoms with van der Waals surface area (Å²) in [6.07, 6.45) is 5.69. The van der Waals surface area contributed by atoms with E-state index in [-0.39, 0.29) is 0 Å². The van der Waals surface area contributed by atoms with Gasteiger partial charge in [0, 0.05) is 0 Å². The lowest BCUT2D eigenvalue weighted by molar-refractivity contribution is 0.223. The number of benzene rings is 1. The molecule has 1 rings (SSSR count). The Morgan fingerprint density at radius 2 is 2.05 bits per heavy atom. The molecule has 120 valence electrons. The van der Waals surface area contributed by atoms with Gasteiger partial charge in [-0.25, -0.2) is 0 Å². The van der Waals surface area contributed by atoms with E-state index >= 15 is 0 Å². The number of halogens is 1. The maximum Gasteiger partial charge on any atom is 0.175 e. The number of unbranched alkanes of at least 4 members (excludes halogenated alkanes) is 1. The Labute approximate surface area is 137 Å². The van der Waals surface area contributed by atoms with Gasteiger partial charge in [-0.3, -0.25) is 0 Å². The van der Waals surface area contributed by atoms with Crippen molar-refractivity contribution >= 4 is 15.9 Å². The minimum absolute atomic E-state index is 0.602. The highest BCUT2D eigenvalue weighted by atomic mass is 79.9. The van der Waals surface area contributed by atoms with Crippen LogP contribution in [0.4, 0.5) is 0 Å². The third-order valence-corrected chi connectivity index (χ3v) is 4.32. The smallest absolute Gasteiger partial charge is 0.175 e. The zero-order valence-electron chi connectivity index (χ0n) is 13.5. The van der Waals surface area contributed by atoms with E-state index in [2.05, 4.69) is 35.8 Å². The summed E-state index contributed by atoms with van der Waals surface area (Å²) in [5.41, 5.74) is 6.77. The lowest BCUT2D eigenvalue weighted by Gasteiger charge is -2.18. The van der Waals surface area contributed by atoms with E-state index in [1.807, 2.05) is 6.07 Å². The third kappa shape index (κ3) is 5.87. The van der Waals surface area contributed by atoms with Crippen LogP contribution < -0.4 is 15.2 Å². The normalized spacial score (nSPS) is 12.2. The molecule has 2 N–H and O–H groups in total. The molecule has 1 atom stereocenters. The number of hydrogen-bond acceptors (Lipinski definition) is 3. The fourth-order valence-corrected chi connectivity index (χ4v) is 2.93. The molecule has 1 aromatic rings. The zero-order chi connectivity index (χ0) is 15.7. The summed E-state index contributed by atoms with van der Waals surface area (Å²) in [5, 5.41) is 0. The first-order valence-electron chi connectivity index (χ1n) is 7.85. The SMILES string of the molecule is CCCCC(CC)COc1c(Br)cc(CCN)cc1OC. The molecule has 21 heavy (non-hydrogen) atoms. The molecule has 0 heterocycles. The van der Waals surface area contributed by atoms with E-state index in [0.717, 1.165) is 41.0 Å². The van der Waals surface area contributed by atoms with Crippen LogP contribution in [0.25, 0.3) is 0 Å². The van der Waals surface area contributed by atoms with E-state index in [0.29, 0.717) is 12.5 Å². The molecule has 0 bridgehead atoms. The monoisotopic (exact) mass is 357 g/mol. The molecule has 3 nitrogen and oxygen atoms in total. The Kier molecular flexibility index (Phi) is 8.77. The summed E-state index contributed by atoms with van der Waals surface area (Å²) in [5.74, 6) is 2.18. The first-order chi connectivity index (χ1) is 10.2. The molecule has 1 unspecified atom stereocenters. The van der Waals surface area contributed by atoms with Gasteiger partial charge in [-0.1, -0.05) is 33.1 Å². The molecule has 0 spiro atoms. The highest BCUT2D eigenvalue weighted by Crippen LogP contribution is 2.37. The van der Waals surface area contributed by atoms with Crippen LogP contribution >= 0.6 is 15.9 Å². The zero-order valence-corrected chi connectivity index (χ0v) is 15.0. The van der Waals surface area contributed by atoms with Crippen molar-refractivity contribution in [2.24, 2.45) is 11.7 Å². The molecule has 0 saturated carbocycles. The quantitative estimate of drug-likeness (QED) is 0.667. The molecule has 0 aromatic heterocycles. The van der Waals surface area contributed by atoms with Gasteiger partial charge in [0.05, 0.1) is 18.2 Å². The number of rotatable bonds is 10. The van der Waals surface area contributed by atoms with Crippen molar-refractivity contribution < 1.29 is 9.47 Å². The van der Waals surface area contributed by atoms with Crippen LogP contribution in [0.3, 0.4) is 0 Å². The van der Waals surface area contributed by atoms with E-state index in [1.165, 1.54) is 19.3 Å². The second-order valence-corrected chi connectivity index (χ2v) is 6.23. The maximum atomic E-state index is 6.04. The lowest BCUT2D eigenvalue weighted by atomic mass is 10.0. The number of methoxy groups -OCH3 is 1. The summed E-state index contributed by atoms with van der Waals surface area (Å²) >= 11 is 3.59. The second-order valence-electron chi connectivity index (χ2n) is 5.38. The summed E-state index contributed by atoms with van der Waals surface area (Å²) in [6.45, 7) is 5.82. The molecule has 0 aliphatic rings. The Bertz CT molecular complexity index is 423. The fourth-order valence-electron chi connectivity index (χ4n) is 2.32. The van der Waals surface area contributed by atoms with Crippen LogP contribution in [-0.2, 0) is 6.42 Å². The van der Waals surface area contributed by atoms with Gasteiger partial charge in [-0.2, -0.15) is 0 Å². The average Bonchev–Trinajstić information content (AvgIpc) is 2.48. The third-order valence-electron chi connectivity index (χ3n) is 3.73. The molecular formula is C17H28BrNO2. The number of nitrogens with two attached hydrogens (primary N) is 1. The van der Waals surface area contributed by atoms with Crippen LogP contribution in [-0.4, -0.2) is 20.3 Å². The van der Waals surface area contributed by atoms with Crippen molar-refractivity contribution in [2.75, 3.05) is 20.3 Å². The van der Waals surface area contributed by atoms with Crippen molar-refractivity contribution in [3.8, 4) is 11.5 Å². The highest BCUT2D eigenvalue weighted by molar-refractivity contribution is 9.10. The number of hydrogen-bond donors (Lipinski definition) is 1. The summed E-state index contributed by atoms with van der Waals surface area (Å²) < 4.78 is 12.4. The van der Waals surface area contributed by atoms with Gasteiger partial charge in [-0.05, 0) is 58.9 Å². The minimum atomic E-state index is 0.602. The predicted octanol–water partition coefficient (Wildman–Crippen LogP) is 4.55. The summed E-state index contributed by atoms with van der Waals surface area (Å²) in [7, 11) is 1.68. The van der Waals surface area contributed by atoms with Crippen molar-refractivity contribution in [2.45, 2.75) is 46.0 Å². The van der Waals surface area contributed by atoms with Crippen LogP contribution in [0.15, 0.2) is 16.6 Å². The van der Waals surface area contributed by atoms with Gasteiger partial charge in [0.2, 0.25) is 0 Å². The Morgan fingerprint density at radius 1 is 1.29 bits per heavy atom. The van der Waals surface area contributed by atoms with Gasteiger partial charge in [-0.15, -0.1) is 0 Å².